The SMILES string of the molecule is O=C(O)c1cc(NCCN2CCOCC2)ccn1. The minimum atomic E-state index is -1.01. The summed E-state index contributed by atoms with van der Waals surface area (Å²) in [5.41, 5.74) is 0.849. The molecule has 0 atom stereocenters. The van der Waals surface area contributed by atoms with E-state index in [4.69, 9.17) is 9.84 Å². The van der Waals surface area contributed by atoms with Gasteiger partial charge in [0, 0.05) is 38.1 Å². The molecule has 0 amide bonds. The van der Waals surface area contributed by atoms with Crippen LogP contribution in [0.1, 0.15) is 10.5 Å². The molecule has 1 aliphatic heterocycles. The van der Waals surface area contributed by atoms with Gasteiger partial charge < -0.3 is 15.2 Å². The number of hydrogen-bond acceptors (Lipinski definition) is 5. The molecule has 1 aliphatic rings. The predicted octanol–water partition coefficient (Wildman–Crippen LogP) is 0.524. The second-order valence-electron chi connectivity index (χ2n) is 4.12. The molecule has 1 saturated heterocycles. The molecule has 1 aromatic heterocycles. The zero-order valence-corrected chi connectivity index (χ0v) is 10.1. The third-order valence-electron chi connectivity index (χ3n) is 2.84. The molecular weight excluding hydrogens is 234 g/mol. The van der Waals surface area contributed by atoms with Gasteiger partial charge in [-0.05, 0) is 12.1 Å². The number of aromatic nitrogens is 1. The third-order valence-corrected chi connectivity index (χ3v) is 2.84. The van der Waals surface area contributed by atoms with Crippen LogP contribution in [-0.4, -0.2) is 60.4 Å². The van der Waals surface area contributed by atoms with E-state index in [9.17, 15) is 4.79 Å². The van der Waals surface area contributed by atoms with E-state index in [0.29, 0.717) is 0 Å². The summed E-state index contributed by atoms with van der Waals surface area (Å²) in [6.45, 7) is 5.20. The minimum Gasteiger partial charge on any atom is -0.477 e. The molecule has 6 nitrogen and oxygen atoms in total. The van der Waals surface area contributed by atoms with Crippen LogP contribution in [0.5, 0.6) is 0 Å². The zero-order chi connectivity index (χ0) is 12.8. The van der Waals surface area contributed by atoms with Crippen LogP contribution in [-0.2, 0) is 4.74 Å². The molecule has 1 fully saturated rings. The Morgan fingerprint density at radius 3 is 3.00 bits per heavy atom. The monoisotopic (exact) mass is 251 g/mol. The van der Waals surface area contributed by atoms with Crippen molar-refractivity contribution in [3.8, 4) is 0 Å². The van der Waals surface area contributed by atoms with Gasteiger partial charge in [-0.2, -0.15) is 0 Å². The second kappa shape index (κ2) is 6.32. The van der Waals surface area contributed by atoms with Crippen LogP contribution < -0.4 is 5.32 Å². The maximum atomic E-state index is 10.8. The number of morpholine rings is 1. The van der Waals surface area contributed by atoms with E-state index < -0.39 is 5.97 Å². The summed E-state index contributed by atoms with van der Waals surface area (Å²) in [7, 11) is 0. The van der Waals surface area contributed by atoms with E-state index in [0.717, 1.165) is 45.1 Å². The van der Waals surface area contributed by atoms with Gasteiger partial charge >= 0.3 is 5.97 Å². The zero-order valence-electron chi connectivity index (χ0n) is 10.1. The van der Waals surface area contributed by atoms with Crippen LogP contribution in [0.2, 0.25) is 0 Å². The molecule has 1 aromatic rings. The number of carboxylic acid groups (broad SMARTS) is 1. The summed E-state index contributed by atoms with van der Waals surface area (Å²) >= 11 is 0. The van der Waals surface area contributed by atoms with Crippen molar-refractivity contribution in [1.82, 2.24) is 9.88 Å². The first-order valence-corrected chi connectivity index (χ1v) is 5.99. The lowest BCUT2D eigenvalue weighted by molar-refractivity contribution is 0.0398. The Labute approximate surface area is 106 Å². The molecular formula is C12H17N3O3. The molecule has 0 spiro atoms. The lowest BCUT2D eigenvalue weighted by Gasteiger charge is -2.26. The lowest BCUT2D eigenvalue weighted by atomic mass is 10.3. The second-order valence-corrected chi connectivity index (χ2v) is 4.12. The normalized spacial score (nSPS) is 16.4. The Kier molecular flexibility index (Phi) is 4.49. The molecule has 2 heterocycles. The van der Waals surface area contributed by atoms with E-state index in [1.807, 2.05) is 0 Å². The highest BCUT2D eigenvalue weighted by molar-refractivity contribution is 5.86. The van der Waals surface area contributed by atoms with Crippen molar-refractivity contribution in [2.24, 2.45) is 0 Å². The molecule has 0 aromatic carbocycles. The number of anilines is 1. The quantitative estimate of drug-likeness (QED) is 0.795. The Balaban J connectivity index is 1.78. The summed E-state index contributed by atoms with van der Waals surface area (Å²) < 4.78 is 5.27. The van der Waals surface area contributed by atoms with Crippen molar-refractivity contribution < 1.29 is 14.6 Å². The number of pyridine rings is 1. The van der Waals surface area contributed by atoms with Crippen LogP contribution in [0, 0.1) is 0 Å². The fourth-order valence-corrected chi connectivity index (χ4v) is 1.84. The first-order valence-electron chi connectivity index (χ1n) is 5.99. The van der Waals surface area contributed by atoms with Crippen molar-refractivity contribution in [3.63, 3.8) is 0 Å². The maximum Gasteiger partial charge on any atom is 0.354 e. The van der Waals surface area contributed by atoms with Crippen molar-refractivity contribution in [2.45, 2.75) is 0 Å². The van der Waals surface area contributed by atoms with Gasteiger partial charge in [0.15, 0.2) is 0 Å². The van der Waals surface area contributed by atoms with Crippen LogP contribution in [0.15, 0.2) is 18.3 Å². The van der Waals surface area contributed by atoms with Crippen molar-refractivity contribution in [2.75, 3.05) is 44.7 Å². The van der Waals surface area contributed by atoms with Crippen molar-refractivity contribution >= 4 is 11.7 Å². The summed E-state index contributed by atoms with van der Waals surface area (Å²) in [4.78, 5) is 16.8. The highest BCUT2D eigenvalue weighted by Gasteiger charge is 2.09. The smallest absolute Gasteiger partial charge is 0.354 e. The van der Waals surface area contributed by atoms with Crippen LogP contribution in [0.3, 0.4) is 0 Å². The molecule has 0 saturated carbocycles. The van der Waals surface area contributed by atoms with Gasteiger partial charge in [-0.25, -0.2) is 9.78 Å². The van der Waals surface area contributed by atoms with E-state index in [1.54, 1.807) is 12.1 Å². The van der Waals surface area contributed by atoms with Crippen LogP contribution in [0.4, 0.5) is 5.69 Å². The number of nitrogens with one attached hydrogen (secondary N) is 1. The summed E-state index contributed by atoms with van der Waals surface area (Å²) in [6.07, 6.45) is 1.50. The van der Waals surface area contributed by atoms with Gasteiger partial charge in [0.1, 0.15) is 5.69 Å². The largest absolute Gasteiger partial charge is 0.477 e. The molecule has 2 rings (SSSR count). The van der Waals surface area contributed by atoms with Gasteiger partial charge in [-0.3, -0.25) is 4.90 Å². The Bertz CT molecular complexity index is 405. The fraction of sp³-hybridized carbons (Fsp3) is 0.500. The Morgan fingerprint density at radius 1 is 1.50 bits per heavy atom. The average Bonchev–Trinajstić information content (AvgIpc) is 2.40. The molecule has 18 heavy (non-hydrogen) atoms. The highest BCUT2D eigenvalue weighted by atomic mass is 16.5. The minimum absolute atomic E-state index is 0.0615. The number of aromatic carboxylic acids is 1. The third kappa shape index (κ3) is 3.68. The Hall–Kier alpha value is -1.66. The molecule has 0 aliphatic carbocycles. The molecule has 98 valence electrons. The topological polar surface area (TPSA) is 74.7 Å². The number of carbonyl (C=O) groups is 1. The average molecular weight is 251 g/mol. The molecule has 0 radical (unpaired) electrons. The molecule has 0 unspecified atom stereocenters. The standard InChI is InChI=1S/C12H17N3O3/c16-12(17)11-9-10(1-2-14-11)13-3-4-15-5-7-18-8-6-15/h1-2,9H,3-8H2,(H,13,14)(H,16,17). The summed E-state index contributed by atoms with van der Waals surface area (Å²) in [6, 6.07) is 3.31. The van der Waals surface area contributed by atoms with Gasteiger partial charge in [0.05, 0.1) is 13.2 Å². The summed E-state index contributed by atoms with van der Waals surface area (Å²) in [5.74, 6) is -1.01. The van der Waals surface area contributed by atoms with E-state index in [2.05, 4.69) is 15.2 Å². The molecule has 6 heteroatoms. The van der Waals surface area contributed by atoms with Crippen LogP contribution >= 0.6 is 0 Å². The number of nitrogens with zero attached hydrogens (tertiary/aromatic N) is 2. The highest BCUT2D eigenvalue weighted by Crippen LogP contribution is 2.07. The molecule has 2 N–H and O–H groups in total. The maximum absolute atomic E-state index is 10.8. The first kappa shape index (κ1) is 12.8. The number of hydrogen-bond donors (Lipinski definition) is 2. The van der Waals surface area contributed by atoms with Crippen molar-refractivity contribution in [3.05, 3.63) is 24.0 Å². The number of rotatable bonds is 5. The number of carboxylic acids is 1. The van der Waals surface area contributed by atoms with Gasteiger partial charge in [-0.1, -0.05) is 0 Å². The van der Waals surface area contributed by atoms with Gasteiger partial charge in [-0.15, -0.1) is 0 Å². The predicted molar refractivity (Wildman–Crippen MR) is 66.9 cm³/mol. The van der Waals surface area contributed by atoms with Crippen LogP contribution in [0.25, 0.3) is 0 Å². The Morgan fingerprint density at radius 2 is 2.28 bits per heavy atom. The van der Waals surface area contributed by atoms with Gasteiger partial charge in [0.25, 0.3) is 0 Å². The van der Waals surface area contributed by atoms with E-state index in [-0.39, 0.29) is 5.69 Å². The van der Waals surface area contributed by atoms with Crippen molar-refractivity contribution in [1.29, 1.82) is 0 Å². The fourth-order valence-electron chi connectivity index (χ4n) is 1.84. The van der Waals surface area contributed by atoms with E-state index >= 15 is 0 Å². The number of ether oxygens (including phenoxy) is 1. The van der Waals surface area contributed by atoms with Gasteiger partial charge in [0.2, 0.25) is 0 Å². The molecule has 0 bridgehead atoms. The lowest BCUT2D eigenvalue weighted by Crippen LogP contribution is -2.39. The van der Waals surface area contributed by atoms with E-state index in [1.165, 1.54) is 6.20 Å². The summed E-state index contributed by atoms with van der Waals surface area (Å²) in [5, 5.41) is 12.0. The first-order chi connectivity index (χ1) is 8.75.